The minimum Gasteiger partial charge on any atom is -0.310 e. The van der Waals surface area contributed by atoms with Crippen molar-refractivity contribution in [3.8, 4) is 33.4 Å². The molecule has 0 aliphatic heterocycles. The monoisotopic (exact) mass is 720 g/mol. The molecule has 56 heavy (non-hydrogen) atoms. The Balaban J connectivity index is 0.983. The number of anilines is 6. The molecule has 2 aliphatic carbocycles. The van der Waals surface area contributed by atoms with E-state index in [1.807, 2.05) is 0 Å². The molecule has 0 heterocycles. The minimum absolute atomic E-state index is 0.0700. The first-order valence-corrected chi connectivity index (χ1v) is 19.7. The lowest BCUT2D eigenvalue weighted by molar-refractivity contribution is 0.660. The summed E-state index contributed by atoms with van der Waals surface area (Å²) in [5.74, 6) is 0. The fourth-order valence-corrected chi connectivity index (χ4v) is 9.32. The van der Waals surface area contributed by atoms with Gasteiger partial charge in [-0.3, -0.25) is 0 Å². The lowest BCUT2D eigenvalue weighted by Gasteiger charge is -2.28. The maximum absolute atomic E-state index is 2.40. The van der Waals surface area contributed by atoms with Crippen LogP contribution in [-0.2, 0) is 10.8 Å². The highest BCUT2D eigenvalue weighted by molar-refractivity contribution is 5.88. The van der Waals surface area contributed by atoms with Gasteiger partial charge in [-0.25, -0.2) is 0 Å². The van der Waals surface area contributed by atoms with Crippen LogP contribution < -0.4 is 9.80 Å². The van der Waals surface area contributed by atoms with E-state index in [1.165, 1.54) is 55.6 Å². The minimum atomic E-state index is -0.0700. The van der Waals surface area contributed by atoms with E-state index in [-0.39, 0.29) is 10.8 Å². The fraction of sp³-hybridized carbons (Fsp3) is 0.111. The molecule has 0 N–H and O–H groups in total. The number of benzene rings is 8. The van der Waals surface area contributed by atoms with Crippen LogP contribution in [0.1, 0.15) is 49.9 Å². The Hall–Kier alpha value is -6.64. The first-order chi connectivity index (χ1) is 27.3. The summed E-state index contributed by atoms with van der Waals surface area (Å²) in [6, 6.07) is 71.1. The van der Waals surface area contributed by atoms with Crippen molar-refractivity contribution in [2.75, 3.05) is 9.80 Å². The smallest absolute Gasteiger partial charge is 0.0465 e. The predicted octanol–water partition coefficient (Wildman–Crippen LogP) is 14.9. The molecular weight excluding hydrogens is 677 g/mol. The second kappa shape index (κ2) is 13.0. The van der Waals surface area contributed by atoms with Gasteiger partial charge in [-0.2, -0.15) is 0 Å². The lowest BCUT2D eigenvalue weighted by Crippen LogP contribution is -2.16. The second-order valence-electron chi connectivity index (χ2n) is 16.2. The van der Waals surface area contributed by atoms with Gasteiger partial charge in [0.15, 0.2) is 0 Å². The molecule has 2 nitrogen and oxygen atoms in total. The summed E-state index contributed by atoms with van der Waals surface area (Å²) in [5, 5.41) is 0. The predicted molar refractivity (Wildman–Crippen MR) is 236 cm³/mol. The molecule has 0 amide bonds. The SMILES string of the molecule is CC1(C)c2ccccc2-c2ccc(N(c3ccccc3)c3ccc(-c4ccc(N(c5ccccc5)c5ccc6c(c5)C(C)(C)c5ccccc5-6)cc4)cc3)cc21. The Morgan fingerprint density at radius 2 is 0.571 bits per heavy atom. The molecule has 8 aromatic rings. The summed E-state index contributed by atoms with van der Waals surface area (Å²) in [6.45, 7) is 9.39. The summed E-state index contributed by atoms with van der Waals surface area (Å²) in [6.07, 6.45) is 0. The molecule has 270 valence electrons. The summed E-state index contributed by atoms with van der Waals surface area (Å²) < 4.78 is 0. The van der Waals surface area contributed by atoms with Gasteiger partial charge in [0.25, 0.3) is 0 Å². The van der Waals surface area contributed by atoms with E-state index in [0.717, 1.165) is 34.1 Å². The van der Waals surface area contributed by atoms with Crippen molar-refractivity contribution < 1.29 is 0 Å². The van der Waals surface area contributed by atoms with Gasteiger partial charge in [0, 0.05) is 45.0 Å². The van der Waals surface area contributed by atoms with Crippen molar-refractivity contribution in [2.45, 2.75) is 38.5 Å². The van der Waals surface area contributed by atoms with Crippen molar-refractivity contribution >= 4 is 34.1 Å². The van der Waals surface area contributed by atoms with Gasteiger partial charge in [-0.15, -0.1) is 0 Å². The zero-order valence-corrected chi connectivity index (χ0v) is 32.4. The molecule has 0 saturated heterocycles. The summed E-state index contributed by atoms with van der Waals surface area (Å²) in [7, 11) is 0. The highest BCUT2D eigenvalue weighted by Crippen LogP contribution is 2.52. The molecule has 0 saturated carbocycles. The summed E-state index contributed by atoms with van der Waals surface area (Å²) >= 11 is 0. The lowest BCUT2D eigenvalue weighted by atomic mass is 9.82. The Labute approximate surface area is 331 Å². The van der Waals surface area contributed by atoms with E-state index in [9.17, 15) is 0 Å². The van der Waals surface area contributed by atoms with Crippen LogP contribution in [0.15, 0.2) is 194 Å². The number of rotatable bonds is 7. The molecule has 0 spiro atoms. The van der Waals surface area contributed by atoms with E-state index in [4.69, 9.17) is 0 Å². The Morgan fingerprint density at radius 1 is 0.268 bits per heavy atom. The molecule has 0 radical (unpaired) electrons. The number of fused-ring (bicyclic) bond motifs is 6. The van der Waals surface area contributed by atoms with Crippen LogP contribution in [0.2, 0.25) is 0 Å². The van der Waals surface area contributed by atoms with Crippen molar-refractivity contribution in [1.29, 1.82) is 0 Å². The average molecular weight is 721 g/mol. The van der Waals surface area contributed by atoms with E-state index < -0.39 is 0 Å². The van der Waals surface area contributed by atoms with Crippen LogP contribution in [0.5, 0.6) is 0 Å². The first-order valence-electron chi connectivity index (χ1n) is 19.7. The molecule has 2 heteroatoms. The van der Waals surface area contributed by atoms with Gasteiger partial charge in [0.2, 0.25) is 0 Å². The highest BCUT2D eigenvalue weighted by Gasteiger charge is 2.37. The average Bonchev–Trinajstić information content (AvgIpc) is 3.61. The van der Waals surface area contributed by atoms with Gasteiger partial charge in [0.1, 0.15) is 0 Å². The maximum atomic E-state index is 2.40. The van der Waals surface area contributed by atoms with Gasteiger partial charge in [0.05, 0.1) is 0 Å². The summed E-state index contributed by atoms with van der Waals surface area (Å²) in [5.41, 5.74) is 19.9. The highest BCUT2D eigenvalue weighted by atomic mass is 15.1. The van der Waals surface area contributed by atoms with E-state index in [1.54, 1.807) is 0 Å². The maximum Gasteiger partial charge on any atom is 0.0465 e. The van der Waals surface area contributed by atoms with Crippen molar-refractivity contribution in [3.05, 3.63) is 216 Å². The van der Waals surface area contributed by atoms with Gasteiger partial charge in [-0.1, -0.05) is 149 Å². The number of hydrogen-bond donors (Lipinski definition) is 0. The normalized spacial score (nSPS) is 14.0. The van der Waals surface area contributed by atoms with Crippen LogP contribution in [0, 0.1) is 0 Å². The molecule has 0 aromatic heterocycles. The quantitative estimate of drug-likeness (QED) is 0.162. The molecule has 10 rings (SSSR count). The number of para-hydroxylation sites is 2. The third-order valence-electron chi connectivity index (χ3n) is 12.3. The van der Waals surface area contributed by atoms with E-state index in [0.29, 0.717) is 0 Å². The summed E-state index contributed by atoms with van der Waals surface area (Å²) in [4.78, 5) is 4.75. The Kier molecular flexibility index (Phi) is 7.87. The molecule has 0 fully saturated rings. The molecule has 0 bridgehead atoms. The van der Waals surface area contributed by atoms with Gasteiger partial charge >= 0.3 is 0 Å². The van der Waals surface area contributed by atoms with E-state index in [2.05, 4.69) is 232 Å². The second-order valence-corrected chi connectivity index (χ2v) is 16.2. The third kappa shape index (κ3) is 5.39. The molecule has 0 atom stereocenters. The Morgan fingerprint density at radius 3 is 0.964 bits per heavy atom. The molecular formula is C54H44N2. The Bertz CT molecular complexity index is 2530. The van der Waals surface area contributed by atoms with Crippen LogP contribution in [-0.4, -0.2) is 0 Å². The largest absolute Gasteiger partial charge is 0.310 e. The number of nitrogens with zero attached hydrogens (tertiary/aromatic N) is 2. The van der Waals surface area contributed by atoms with Gasteiger partial charge in [-0.05, 0) is 128 Å². The standard InChI is InChI=1S/C54H44N2/c1-53(2)49-21-13-11-19-45(49)47-33-31-43(35-51(47)53)55(39-15-7-5-8-16-39)41-27-23-37(24-28-41)38-25-29-42(30-26-38)56(40-17-9-6-10-18-40)44-32-34-48-46-20-12-14-22-50(46)54(3,4)52(48)36-44/h5-36H,1-4H3. The third-order valence-corrected chi connectivity index (χ3v) is 12.3. The molecule has 0 unspecified atom stereocenters. The van der Waals surface area contributed by atoms with Crippen molar-refractivity contribution in [2.24, 2.45) is 0 Å². The first kappa shape index (κ1) is 33.9. The molecule has 8 aromatic carbocycles. The van der Waals surface area contributed by atoms with Crippen LogP contribution in [0.25, 0.3) is 33.4 Å². The van der Waals surface area contributed by atoms with Crippen LogP contribution in [0.4, 0.5) is 34.1 Å². The van der Waals surface area contributed by atoms with Crippen LogP contribution >= 0.6 is 0 Å². The van der Waals surface area contributed by atoms with E-state index >= 15 is 0 Å². The molecule has 2 aliphatic rings. The van der Waals surface area contributed by atoms with Crippen molar-refractivity contribution in [1.82, 2.24) is 0 Å². The number of hydrogen-bond acceptors (Lipinski definition) is 2. The topological polar surface area (TPSA) is 6.48 Å². The fourth-order valence-electron chi connectivity index (χ4n) is 9.32. The van der Waals surface area contributed by atoms with Crippen molar-refractivity contribution in [3.63, 3.8) is 0 Å². The van der Waals surface area contributed by atoms with Gasteiger partial charge < -0.3 is 9.80 Å². The zero-order valence-electron chi connectivity index (χ0n) is 32.4. The zero-order chi connectivity index (χ0) is 38.0. The van der Waals surface area contributed by atoms with Crippen LogP contribution in [0.3, 0.4) is 0 Å².